The molecule has 1 aromatic carbocycles. The lowest BCUT2D eigenvalue weighted by molar-refractivity contribution is 0.172. The molecule has 0 spiro atoms. The number of benzene rings is 1. The van der Waals surface area contributed by atoms with Gasteiger partial charge in [0.05, 0.1) is 6.61 Å². The third-order valence-electron chi connectivity index (χ3n) is 1.93. The quantitative estimate of drug-likeness (QED) is 0.421. The predicted molar refractivity (Wildman–Crippen MR) is 59.4 cm³/mol. The molecule has 0 aliphatic heterocycles. The molecular formula is C11H16N2O2. The Balaban J connectivity index is 2.39. The molecule has 82 valence electrons. The molecule has 1 rings (SSSR count). The van der Waals surface area contributed by atoms with Crippen LogP contribution in [0.25, 0.3) is 0 Å². The van der Waals surface area contributed by atoms with Crippen molar-refractivity contribution in [1.82, 2.24) is 0 Å². The van der Waals surface area contributed by atoms with Crippen molar-refractivity contribution < 1.29 is 9.47 Å². The Bertz CT molecular complexity index is 309. The normalized spacial score (nSPS) is 9.93. The molecule has 4 nitrogen and oxygen atoms in total. The zero-order valence-electron chi connectivity index (χ0n) is 8.82. The first-order chi connectivity index (χ1) is 7.24. The van der Waals surface area contributed by atoms with Crippen molar-refractivity contribution in [3.05, 3.63) is 29.8 Å². The van der Waals surface area contributed by atoms with Crippen LogP contribution in [0.15, 0.2) is 24.3 Å². The minimum absolute atomic E-state index is 0.0703. The molecule has 0 aliphatic rings. The van der Waals surface area contributed by atoms with Crippen LogP contribution in [0.4, 0.5) is 0 Å². The molecule has 1 aromatic rings. The van der Waals surface area contributed by atoms with Gasteiger partial charge in [0.2, 0.25) is 0 Å². The molecule has 0 saturated heterocycles. The molecule has 0 fully saturated rings. The maximum Gasteiger partial charge on any atom is 0.122 e. The minimum atomic E-state index is 0.0703. The first-order valence-electron chi connectivity index (χ1n) is 4.80. The Kier molecular flexibility index (Phi) is 4.63. The van der Waals surface area contributed by atoms with Crippen molar-refractivity contribution in [2.24, 2.45) is 5.73 Å². The average molecular weight is 208 g/mol. The Morgan fingerprint density at radius 2 is 1.93 bits per heavy atom. The summed E-state index contributed by atoms with van der Waals surface area (Å²) >= 11 is 0. The molecule has 0 unspecified atom stereocenters. The van der Waals surface area contributed by atoms with Gasteiger partial charge in [-0.15, -0.1) is 0 Å². The van der Waals surface area contributed by atoms with E-state index in [0.717, 1.165) is 12.2 Å². The topological polar surface area (TPSA) is 68.3 Å². The second-order valence-electron chi connectivity index (χ2n) is 3.13. The Morgan fingerprint density at radius 1 is 1.27 bits per heavy atom. The van der Waals surface area contributed by atoms with Crippen molar-refractivity contribution in [1.29, 1.82) is 5.41 Å². The Morgan fingerprint density at radius 3 is 2.47 bits per heavy atom. The third-order valence-corrected chi connectivity index (χ3v) is 1.93. The highest BCUT2D eigenvalue weighted by molar-refractivity contribution is 5.94. The van der Waals surface area contributed by atoms with Gasteiger partial charge in [0.15, 0.2) is 0 Å². The predicted octanol–water partition coefficient (Wildman–Crippen LogP) is 1.39. The van der Waals surface area contributed by atoms with E-state index in [9.17, 15) is 0 Å². The maximum atomic E-state index is 7.22. The molecule has 0 bridgehead atoms. The average Bonchev–Trinajstić information content (AvgIpc) is 2.25. The summed E-state index contributed by atoms with van der Waals surface area (Å²) in [4.78, 5) is 0. The van der Waals surface area contributed by atoms with E-state index in [4.69, 9.17) is 20.6 Å². The van der Waals surface area contributed by atoms with Crippen LogP contribution < -0.4 is 10.5 Å². The molecule has 0 amide bonds. The summed E-state index contributed by atoms with van der Waals surface area (Å²) < 4.78 is 10.4. The maximum absolute atomic E-state index is 7.22. The zero-order chi connectivity index (χ0) is 11.1. The second-order valence-corrected chi connectivity index (χ2v) is 3.13. The van der Waals surface area contributed by atoms with E-state index in [1.165, 1.54) is 0 Å². The fraction of sp³-hybridized carbons (Fsp3) is 0.364. The molecule has 4 heteroatoms. The molecule has 0 heterocycles. The summed E-state index contributed by atoms with van der Waals surface area (Å²) in [7, 11) is 1.67. The molecule has 0 radical (unpaired) electrons. The van der Waals surface area contributed by atoms with Crippen LogP contribution in [0, 0.1) is 5.41 Å². The fourth-order valence-electron chi connectivity index (χ4n) is 1.12. The highest BCUT2D eigenvalue weighted by atomic mass is 16.5. The number of nitrogen functional groups attached to an aromatic ring is 1. The third kappa shape index (κ3) is 3.99. The van der Waals surface area contributed by atoms with E-state index in [2.05, 4.69) is 0 Å². The number of amidine groups is 1. The lowest BCUT2D eigenvalue weighted by atomic mass is 10.2. The van der Waals surface area contributed by atoms with E-state index in [1.54, 1.807) is 19.2 Å². The lowest BCUT2D eigenvalue weighted by Gasteiger charge is -2.06. The fourth-order valence-corrected chi connectivity index (χ4v) is 1.12. The lowest BCUT2D eigenvalue weighted by Crippen LogP contribution is -2.10. The smallest absolute Gasteiger partial charge is 0.122 e. The van der Waals surface area contributed by atoms with Gasteiger partial charge in [-0.3, -0.25) is 5.41 Å². The number of nitrogens with one attached hydrogen (secondary N) is 1. The molecule has 0 saturated carbocycles. The van der Waals surface area contributed by atoms with E-state index in [-0.39, 0.29) is 5.84 Å². The monoisotopic (exact) mass is 208 g/mol. The minimum Gasteiger partial charge on any atom is -0.494 e. The van der Waals surface area contributed by atoms with Gasteiger partial charge in [0.25, 0.3) is 0 Å². The number of ether oxygens (including phenoxy) is 2. The molecule has 15 heavy (non-hydrogen) atoms. The van der Waals surface area contributed by atoms with Crippen LogP contribution in [0.5, 0.6) is 5.75 Å². The van der Waals surface area contributed by atoms with Crippen LogP contribution in [-0.4, -0.2) is 26.2 Å². The summed E-state index contributed by atoms with van der Waals surface area (Å²) in [5.74, 6) is 0.858. The SMILES string of the molecule is COCCCOc1ccc(C(=N)N)cc1. The molecule has 0 aliphatic carbocycles. The van der Waals surface area contributed by atoms with Crippen molar-refractivity contribution in [2.45, 2.75) is 6.42 Å². The van der Waals surface area contributed by atoms with Crippen molar-refractivity contribution in [3.8, 4) is 5.75 Å². The largest absolute Gasteiger partial charge is 0.494 e. The highest BCUT2D eigenvalue weighted by Crippen LogP contribution is 2.11. The van der Waals surface area contributed by atoms with Crippen molar-refractivity contribution in [2.75, 3.05) is 20.3 Å². The van der Waals surface area contributed by atoms with Gasteiger partial charge in [0.1, 0.15) is 11.6 Å². The first-order valence-corrected chi connectivity index (χ1v) is 4.80. The van der Waals surface area contributed by atoms with E-state index < -0.39 is 0 Å². The van der Waals surface area contributed by atoms with Gasteiger partial charge in [-0.2, -0.15) is 0 Å². The van der Waals surface area contributed by atoms with Gasteiger partial charge in [-0.1, -0.05) is 0 Å². The van der Waals surface area contributed by atoms with Crippen molar-refractivity contribution >= 4 is 5.84 Å². The number of methoxy groups -OCH3 is 1. The van der Waals surface area contributed by atoms with E-state index in [1.807, 2.05) is 12.1 Å². The molecule has 0 aromatic heterocycles. The number of rotatable bonds is 6. The summed E-state index contributed by atoms with van der Waals surface area (Å²) in [5, 5.41) is 7.22. The Hall–Kier alpha value is -1.55. The van der Waals surface area contributed by atoms with Crippen LogP contribution in [0.1, 0.15) is 12.0 Å². The van der Waals surface area contributed by atoms with E-state index >= 15 is 0 Å². The summed E-state index contributed by atoms with van der Waals surface area (Å²) in [6.07, 6.45) is 0.866. The van der Waals surface area contributed by atoms with Gasteiger partial charge in [-0.05, 0) is 24.3 Å². The summed E-state index contributed by atoms with van der Waals surface area (Å²) in [6.45, 7) is 1.33. The Labute approximate surface area is 89.5 Å². The highest BCUT2D eigenvalue weighted by Gasteiger charge is 1.97. The van der Waals surface area contributed by atoms with Gasteiger partial charge in [0, 0.05) is 25.7 Å². The second kappa shape index (κ2) is 6.03. The summed E-state index contributed by atoms with van der Waals surface area (Å²) in [6, 6.07) is 7.16. The van der Waals surface area contributed by atoms with Gasteiger partial charge < -0.3 is 15.2 Å². The van der Waals surface area contributed by atoms with Gasteiger partial charge >= 0.3 is 0 Å². The first kappa shape index (κ1) is 11.5. The molecule has 0 atom stereocenters. The number of hydrogen-bond acceptors (Lipinski definition) is 3. The van der Waals surface area contributed by atoms with E-state index in [0.29, 0.717) is 18.8 Å². The molecular weight excluding hydrogens is 192 g/mol. The number of nitrogens with two attached hydrogens (primary N) is 1. The van der Waals surface area contributed by atoms with Gasteiger partial charge in [-0.25, -0.2) is 0 Å². The molecule has 3 N–H and O–H groups in total. The summed E-state index contributed by atoms with van der Waals surface area (Å²) in [5.41, 5.74) is 6.04. The van der Waals surface area contributed by atoms with Crippen molar-refractivity contribution in [3.63, 3.8) is 0 Å². The number of hydrogen-bond donors (Lipinski definition) is 2. The van der Waals surface area contributed by atoms with Crippen LogP contribution in [0.2, 0.25) is 0 Å². The zero-order valence-corrected chi connectivity index (χ0v) is 8.82. The van der Waals surface area contributed by atoms with Crippen LogP contribution in [-0.2, 0) is 4.74 Å². The van der Waals surface area contributed by atoms with Crippen LogP contribution in [0.3, 0.4) is 0 Å². The van der Waals surface area contributed by atoms with Crippen LogP contribution >= 0.6 is 0 Å². The standard InChI is InChI=1S/C11H16N2O2/c1-14-7-2-8-15-10-5-3-9(4-6-10)11(12)13/h3-6H,2,7-8H2,1H3,(H3,12,13).